The molecule has 0 saturated heterocycles. The van der Waals surface area contributed by atoms with Gasteiger partial charge in [0.1, 0.15) is 17.6 Å². The highest BCUT2D eigenvalue weighted by molar-refractivity contribution is 7.19. The van der Waals surface area contributed by atoms with Crippen LogP contribution in [0.2, 0.25) is 5.02 Å². The van der Waals surface area contributed by atoms with Gasteiger partial charge in [-0.05, 0) is 61.2 Å². The average Bonchev–Trinajstić information content (AvgIpc) is 3.57. The molecule has 0 unspecified atom stereocenters. The van der Waals surface area contributed by atoms with Gasteiger partial charge in [0, 0.05) is 38.3 Å². The van der Waals surface area contributed by atoms with Crippen molar-refractivity contribution in [2.75, 3.05) is 20.2 Å². The van der Waals surface area contributed by atoms with E-state index in [0.29, 0.717) is 41.1 Å². The number of aromatic nitrogens is 3. The van der Waals surface area contributed by atoms with E-state index in [1.807, 2.05) is 47.9 Å². The number of amides is 2. The Kier molecular flexibility index (Phi) is 8.42. The van der Waals surface area contributed by atoms with Gasteiger partial charge in [-0.3, -0.25) is 19.1 Å². The number of aromatic hydroxyl groups is 2. The number of aliphatic imine (C=N–C) groups is 1. The summed E-state index contributed by atoms with van der Waals surface area (Å²) in [6, 6.07) is 17.2. The number of carbonyl (C=O) groups is 2. The highest BCUT2D eigenvalue weighted by Crippen LogP contribution is 2.36. The number of nitrogens with zero attached hydrogens (tertiary/aromatic N) is 4. The maximum Gasteiger partial charge on any atom is 0.239 e. The molecule has 230 valence electrons. The number of phenols is 2. The minimum Gasteiger partial charge on any atom is -0.504 e. The van der Waals surface area contributed by atoms with Gasteiger partial charge in [-0.15, -0.1) is 21.5 Å². The number of benzene rings is 3. The fourth-order valence-corrected chi connectivity index (χ4v) is 6.44. The summed E-state index contributed by atoms with van der Waals surface area (Å²) in [6.07, 6.45) is 0.500. The van der Waals surface area contributed by atoms with Crippen LogP contribution in [0.4, 0.5) is 0 Å². The minimum atomic E-state index is -0.690. The number of rotatable bonds is 9. The summed E-state index contributed by atoms with van der Waals surface area (Å²) in [4.78, 5) is 31.7. The number of halogens is 1. The molecule has 3 heterocycles. The molecule has 6 rings (SSSR count). The Morgan fingerprint density at radius 1 is 1.00 bits per heavy atom. The first-order valence-electron chi connectivity index (χ1n) is 14.1. The average molecular weight is 645 g/mol. The largest absolute Gasteiger partial charge is 0.504 e. The van der Waals surface area contributed by atoms with Crippen molar-refractivity contribution in [3.63, 3.8) is 0 Å². The summed E-state index contributed by atoms with van der Waals surface area (Å²) in [7, 11) is 1.60. The Labute approximate surface area is 267 Å². The number of aryl methyl sites for hydroxylation is 1. The first-order chi connectivity index (χ1) is 21.7. The van der Waals surface area contributed by atoms with Crippen LogP contribution in [0.1, 0.15) is 40.1 Å². The molecule has 45 heavy (non-hydrogen) atoms. The fraction of sp³-hybridized carbons (Fsp3) is 0.219. The van der Waals surface area contributed by atoms with E-state index in [-0.39, 0.29) is 36.3 Å². The van der Waals surface area contributed by atoms with Crippen LogP contribution in [0, 0.1) is 6.92 Å². The third kappa shape index (κ3) is 6.33. The molecule has 1 aliphatic heterocycles. The zero-order valence-electron chi connectivity index (χ0n) is 24.4. The number of ether oxygens (including phenoxy) is 1. The number of nitrogens with one attached hydrogen (secondary N) is 2. The molecule has 3 aromatic carbocycles. The first-order valence-corrected chi connectivity index (χ1v) is 15.3. The zero-order chi connectivity index (χ0) is 31.7. The molecule has 0 spiro atoms. The van der Waals surface area contributed by atoms with Gasteiger partial charge >= 0.3 is 0 Å². The summed E-state index contributed by atoms with van der Waals surface area (Å²) in [5.74, 6) is 0.755. The molecule has 2 amide bonds. The smallest absolute Gasteiger partial charge is 0.239 e. The molecule has 11 nitrogen and oxygen atoms in total. The standard InChI is InChI=1S/C32H29ClN6O5S/c1-17-37-38-32-24(36-31(18-3-5-20(33)6-4-18)23-13-21(44-2)7-8-25(23)39(17)32)14-29(42)35-16-30(43)34-10-9-22-11-19-12-26(40)27(41)15-28(19)45-22/h3-8,11-13,15,24,40-41H,9-10,14,16H2,1-2H3,(H,34,43)(H,35,42)/t24-/m0/s1. The van der Waals surface area contributed by atoms with Crippen molar-refractivity contribution in [3.8, 4) is 22.9 Å². The monoisotopic (exact) mass is 644 g/mol. The number of methoxy groups -OCH3 is 1. The molecule has 5 aromatic rings. The molecule has 1 aliphatic rings. The minimum absolute atomic E-state index is 0.0604. The van der Waals surface area contributed by atoms with Crippen molar-refractivity contribution in [3.05, 3.63) is 93.3 Å². The molecule has 1 atom stereocenters. The molecule has 0 saturated carbocycles. The molecule has 0 aliphatic carbocycles. The van der Waals surface area contributed by atoms with Gasteiger partial charge in [0.15, 0.2) is 17.3 Å². The lowest BCUT2D eigenvalue weighted by atomic mass is 10.00. The molecule has 0 radical (unpaired) electrons. The van der Waals surface area contributed by atoms with Crippen molar-refractivity contribution < 1.29 is 24.5 Å². The van der Waals surface area contributed by atoms with Crippen LogP contribution in [0.25, 0.3) is 15.8 Å². The maximum atomic E-state index is 13.2. The Morgan fingerprint density at radius 3 is 2.56 bits per heavy atom. The molecular weight excluding hydrogens is 616 g/mol. The Morgan fingerprint density at radius 2 is 1.78 bits per heavy atom. The maximum absolute atomic E-state index is 13.2. The molecule has 2 aromatic heterocycles. The predicted molar refractivity (Wildman–Crippen MR) is 172 cm³/mol. The van der Waals surface area contributed by atoms with E-state index in [1.54, 1.807) is 19.2 Å². The summed E-state index contributed by atoms with van der Waals surface area (Å²) < 4.78 is 8.24. The van der Waals surface area contributed by atoms with E-state index >= 15 is 0 Å². The van der Waals surface area contributed by atoms with Crippen LogP contribution < -0.4 is 15.4 Å². The van der Waals surface area contributed by atoms with Crippen molar-refractivity contribution in [1.82, 2.24) is 25.4 Å². The number of hydrogen-bond donors (Lipinski definition) is 4. The van der Waals surface area contributed by atoms with Crippen LogP contribution in [0.15, 0.2) is 65.7 Å². The van der Waals surface area contributed by atoms with Crippen molar-refractivity contribution in [2.24, 2.45) is 4.99 Å². The van der Waals surface area contributed by atoms with Gasteiger partial charge in [0.25, 0.3) is 0 Å². The lowest BCUT2D eigenvalue weighted by molar-refractivity contribution is -0.126. The summed E-state index contributed by atoms with van der Waals surface area (Å²) in [5.41, 5.74) is 3.04. The normalized spacial score (nSPS) is 13.8. The van der Waals surface area contributed by atoms with Crippen molar-refractivity contribution >= 4 is 50.5 Å². The number of carbonyl (C=O) groups excluding carboxylic acids is 2. The van der Waals surface area contributed by atoms with E-state index in [4.69, 9.17) is 21.3 Å². The van der Waals surface area contributed by atoms with Crippen LogP contribution in [0.3, 0.4) is 0 Å². The van der Waals surface area contributed by atoms with Gasteiger partial charge in [-0.2, -0.15) is 0 Å². The van der Waals surface area contributed by atoms with Gasteiger partial charge < -0.3 is 25.6 Å². The molecule has 13 heteroatoms. The SMILES string of the molecule is COc1ccc2c(c1)C(c1ccc(Cl)cc1)=N[C@@H](CC(=O)NCC(=O)NCCc1cc3cc(O)c(O)cc3s1)c1nnc(C)n1-2. The Hall–Kier alpha value is -4.94. The van der Waals surface area contributed by atoms with Gasteiger partial charge in [0.05, 0.1) is 31.5 Å². The van der Waals surface area contributed by atoms with E-state index in [1.165, 1.54) is 23.5 Å². The van der Waals surface area contributed by atoms with Crippen LogP contribution >= 0.6 is 22.9 Å². The quantitative estimate of drug-likeness (QED) is 0.171. The van der Waals surface area contributed by atoms with E-state index in [9.17, 15) is 19.8 Å². The van der Waals surface area contributed by atoms with Crippen LogP contribution in [0.5, 0.6) is 17.2 Å². The van der Waals surface area contributed by atoms with Crippen molar-refractivity contribution in [2.45, 2.75) is 25.8 Å². The number of hydrogen-bond acceptors (Lipinski definition) is 9. The van der Waals surface area contributed by atoms with E-state index in [2.05, 4.69) is 20.8 Å². The lowest BCUT2D eigenvalue weighted by Crippen LogP contribution is -2.38. The lowest BCUT2D eigenvalue weighted by Gasteiger charge is -2.14. The molecule has 0 bridgehead atoms. The van der Waals surface area contributed by atoms with Gasteiger partial charge in [-0.25, -0.2) is 0 Å². The third-order valence-corrected chi connectivity index (χ3v) is 8.84. The first kappa shape index (κ1) is 30.1. The number of thiophene rings is 1. The zero-order valence-corrected chi connectivity index (χ0v) is 25.9. The second kappa shape index (κ2) is 12.6. The second-order valence-electron chi connectivity index (χ2n) is 10.5. The van der Waals surface area contributed by atoms with Crippen molar-refractivity contribution in [1.29, 1.82) is 0 Å². The van der Waals surface area contributed by atoms with E-state index in [0.717, 1.165) is 31.8 Å². The summed E-state index contributed by atoms with van der Waals surface area (Å²) >= 11 is 7.64. The van der Waals surface area contributed by atoms with Crippen LogP contribution in [-0.4, -0.2) is 62.7 Å². The van der Waals surface area contributed by atoms with Gasteiger partial charge in [-0.1, -0.05) is 23.7 Å². The Balaban J connectivity index is 1.15. The molecule has 0 fully saturated rings. The Bertz CT molecular complexity index is 1910. The summed E-state index contributed by atoms with van der Waals surface area (Å²) in [5, 5.41) is 35.0. The second-order valence-corrected chi connectivity index (χ2v) is 12.1. The van der Waals surface area contributed by atoms with E-state index < -0.39 is 6.04 Å². The molecule has 4 N–H and O–H groups in total. The predicted octanol–water partition coefficient (Wildman–Crippen LogP) is 4.62. The van der Waals surface area contributed by atoms with Gasteiger partial charge in [0.2, 0.25) is 11.8 Å². The van der Waals surface area contributed by atoms with Crippen LogP contribution in [-0.2, 0) is 16.0 Å². The fourth-order valence-electron chi connectivity index (χ4n) is 5.23. The highest BCUT2D eigenvalue weighted by atomic mass is 35.5. The number of fused-ring (bicyclic) bond motifs is 4. The molecular formula is C32H29ClN6O5S. The highest BCUT2D eigenvalue weighted by Gasteiger charge is 2.30. The topological polar surface area (TPSA) is 151 Å². The number of phenolic OH excluding ortho intramolecular Hbond substituents is 2. The summed E-state index contributed by atoms with van der Waals surface area (Å²) in [6.45, 7) is 2.00. The third-order valence-electron chi connectivity index (χ3n) is 7.43.